The number of hydrogen-bond donors (Lipinski definition) is 2. The maximum Gasteiger partial charge on any atom is 0.268 e. The van der Waals surface area contributed by atoms with Crippen LogP contribution >= 0.6 is 0 Å². The second-order valence-corrected chi connectivity index (χ2v) is 5.62. The quantitative estimate of drug-likeness (QED) is 0.862. The minimum absolute atomic E-state index is 0.0778. The molecule has 1 aliphatic carbocycles. The van der Waals surface area contributed by atoms with Crippen molar-refractivity contribution >= 4 is 16.8 Å². The highest BCUT2D eigenvalue weighted by Gasteiger charge is 2.20. The Kier molecular flexibility index (Phi) is 3.47. The highest BCUT2D eigenvalue weighted by molar-refractivity contribution is 6.01. The first-order chi connectivity index (χ1) is 9.65. The van der Waals surface area contributed by atoms with E-state index < -0.39 is 0 Å². The lowest BCUT2D eigenvalue weighted by Gasteiger charge is -2.22. The van der Waals surface area contributed by atoms with Crippen LogP contribution in [0.5, 0.6) is 0 Å². The van der Waals surface area contributed by atoms with Gasteiger partial charge in [-0.05, 0) is 43.5 Å². The minimum atomic E-state index is -0.279. The van der Waals surface area contributed by atoms with Crippen LogP contribution in [0.1, 0.15) is 48.2 Å². The van der Waals surface area contributed by atoms with E-state index >= 15 is 0 Å². The van der Waals surface area contributed by atoms with Crippen LogP contribution in [-0.2, 0) is 0 Å². The van der Waals surface area contributed by atoms with Crippen molar-refractivity contribution in [1.29, 1.82) is 0 Å². The summed E-state index contributed by atoms with van der Waals surface area (Å²) in [5.74, 6) is -0.357. The number of aromatic nitrogens is 1. The molecule has 2 N–H and O–H groups in total. The van der Waals surface area contributed by atoms with Gasteiger partial charge in [-0.2, -0.15) is 0 Å². The predicted molar refractivity (Wildman–Crippen MR) is 77.3 cm³/mol. The number of fused-ring (bicyclic) bond motifs is 1. The van der Waals surface area contributed by atoms with Gasteiger partial charge >= 0.3 is 0 Å². The van der Waals surface area contributed by atoms with Gasteiger partial charge in [-0.15, -0.1) is 0 Å². The number of aromatic amines is 1. The van der Waals surface area contributed by atoms with E-state index in [1.54, 1.807) is 6.07 Å². The molecule has 0 spiro atoms. The van der Waals surface area contributed by atoms with Crippen LogP contribution in [0, 0.1) is 12.7 Å². The minimum Gasteiger partial charge on any atom is -0.350 e. The molecule has 1 fully saturated rings. The molecule has 106 valence electrons. The third-order valence-electron chi connectivity index (χ3n) is 4.19. The summed E-state index contributed by atoms with van der Waals surface area (Å²) < 4.78 is 13.3. The van der Waals surface area contributed by atoms with Gasteiger partial charge in [0.25, 0.3) is 5.91 Å². The Balaban J connectivity index is 1.85. The normalized spacial score (nSPS) is 16.5. The van der Waals surface area contributed by atoms with Crippen molar-refractivity contribution < 1.29 is 9.18 Å². The number of carbonyl (C=O) groups is 1. The average Bonchev–Trinajstić information content (AvgIpc) is 2.77. The molecule has 2 aromatic rings. The number of rotatable bonds is 2. The Labute approximate surface area is 117 Å². The molecule has 1 aromatic carbocycles. The van der Waals surface area contributed by atoms with Crippen LogP contribution < -0.4 is 5.32 Å². The first kappa shape index (κ1) is 13.2. The molecule has 20 heavy (non-hydrogen) atoms. The molecule has 0 aliphatic heterocycles. The number of hydrogen-bond acceptors (Lipinski definition) is 1. The van der Waals surface area contributed by atoms with Gasteiger partial charge in [0.1, 0.15) is 11.5 Å². The van der Waals surface area contributed by atoms with Gasteiger partial charge in [-0.25, -0.2) is 4.39 Å². The largest absolute Gasteiger partial charge is 0.350 e. The number of carbonyl (C=O) groups excluding carboxylic acids is 1. The Hall–Kier alpha value is -1.84. The van der Waals surface area contributed by atoms with Gasteiger partial charge in [0.05, 0.1) is 0 Å². The number of aryl methyl sites for hydroxylation is 1. The Morgan fingerprint density at radius 2 is 2.05 bits per heavy atom. The van der Waals surface area contributed by atoms with Crippen LogP contribution in [0.2, 0.25) is 0 Å². The zero-order valence-electron chi connectivity index (χ0n) is 11.6. The lowest BCUT2D eigenvalue weighted by atomic mass is 9.95. The monoisotopic (exact) mass is 274 g/mol. The third-order valence-corrected chi connectivity index (χ3v) is 4.19. The maximum absolute atomic E-state index is 13.3. The zero-order valence-corrected chi connectivity index (χ0v) is 11.6. The smallest absolute Gasteiger partial charge is 0.268 e. The number of benzene rings is 1. The van der Waals surface area contributed by atoms with Crippen LogP contribution in [0.4, 0.5) is 4.39 Å². The first-order valence-corrected chi connectivity index (χ1v) is 7.24. The fraction of sp³-hybridized carbons (Fsp3) is 0.438. The number of halogens is 1. The number of amides is 1. The summed E-state index contributed by atoms with van der Waals surface area (Å²) in [5.41, 5.74) is 2.17. The molecule has 1 heterocycles. The zero-order chi connectivity index (χ0) is 14.1. The molecule has 0 radical (unpaired) electrons. The predicted octanol–water partition coefficient (Wildman–Crippen LogP) is 3.68. The van der Waals surface area contributed by atoms with Crippen LogP contribution in [0.15, 0.2) is 18.2 Å². The summed E-state index contributed by atoms with van der Waals surface area (Å²) in [4.78, 5) is 15.5. The molecule has 1 aliphatic rings. The van der Waals surface area contributed by atoms with Crippen molar-refractivity contribution in [2.24, 2.45) is 0 Å². The molecule has 0 bridgehead atoms. The standard InChI is InChI=1S/C16H19FN2O/c1-10-13-9-11(17)7-8-14(13)19-15(10)16(20)18-12-5-3-2-4-6-12/h7-9,12,19H,2-6H2,1H3,(H,18,20). The molecule has 3 nitrogen and oxygen atoms in total. The van der Waals surface area contributed by atoms with E-state index in [-0.39, 0.29) is 17.8 Å². The summed E-state index contributed by atoms with van der Waals surface area (Å²) in [6.45, 7) is 1.86. The molecule has 4 heteroatoms. The van der Waals surface area contributed by atoms with Crippen molar-refractivity contribution in [3.63, 3.8) is 0 Å². The van der Waals surface area contributed by atoms with Gasteiger partial charge < -0.3 is 10.3 Å². The van der Waals surface area contributed by atoms with Crippen LogP contribution in [-0.4, -0.2) is 16.9 Å². The van der Waals surface area contributed by atoms with Crippen molar-refractivity contribution in [3.8, 4) is 0 Å². The summed E-state index contributed by atoms with van der Waals surface area (Å²) in [6, 6.07) is 4.83. The van der Waals surface area contributed by atoms with E-state index in [1.807, 2.05) is 6.92 Å². The molecule has 0 unspecified atom stereocenters. The fourth-order valence-corrected chi connectivity index (χ4v) is 3.03. The van der Waals surface area contributed by atoms with Crippen molar-refractivity contribution in [2.75, 3.05) is 0 Å². The Morgan fingerprint density at radius 3 is 2.80 bits per heavy atom. The van der Waals surface area contributed by atoms with E-state index in [4.69, 9.17) is 0 Å². The van der Waals surface area contributed by atoms with Gasteiger partial charge in [-0.1, -0.05) is 19.3 Å². The first-order valence-electron chi connectivity index (χ1n) is 7.24. The van der Waals surface area contributed by atoms with Crippen molar-refractivity contribution in [2.45, 2.75) is 45.1 Å². The van der Waals surface area contributed by atoms with Crippen LogP contribution in [0.3, 0.4) is 0 Å². The molecule has 0 atom stereocenters. The second kappa shape index (κ2) is 5.27. The van der Waals surface area contributed by atoms with E-state index in [1.165, 1.54) is 31.4 Å². The Bertz CT molecular complexity index is 641. The molecule has 1 aromatic heterocycles. The van der Waals surface area contributed by atoms with Crippen molar-refractivity contribution in [3.05, 3.63) is 35.3 Å². The van der Waals surface area contributed by atoms with E-state index in [0.717, 1.165) is 29.3 Å². The van der Waals surface area contributed by atoms with Gasteiger partial charge in [0, 0.05) is 16.9 Å². The topological polar surface area (TPSA) is 44.9 Å². The van der Waals surface area contributed by atoms with Gasteiger partial charge in [-0.3, -0.25) is 4.79 Å². The number of H-pyrrole nitrogens is 1. The molecule has 1 saturated carbocycles. The SMILES string of the molecule is Cc1c(C(=O)NC2CCCCC2)[nH]c2ccc(F)cc12. The molecule has 3 rings (SSSR count). The van der Waals surface area contributed by atoms with E-state index in [0.29, 0.717) is 5.69 Å². The highest BCUT2D eigenvalue weighted by atomic mass is 19.1. The van der Waals surface area contributed by atoms with Gasteiger partial charge in [0.2, 0.25) is 0 Å². The average molecular weight is 274 g/mol. The van der Waals surface area contributed by atoms with E-state index in [2.05, 4.69) is 10.3 Å². The van der Waals surface area contributed by atoms with E-state index in [9.17, 15) is 9.18 Å². The third kappa shape index (κ3) is 2.42. The van der Waals surface area contributed by atoms with Gasteiger partial charge in [0.15, 0.2) is 0 Å². The summed E-state index contributed by atoms with van der Waals surface area (Å²) in [5, 5.41) is 3.86. The molecule has 1 amide bonds. The van der Waals surface area contributed by atoms with Crippen molar-refractivity contribution in [1.82, 2.24) is 10.3 Å². The molecule has 0 saturated heterocycles. The summed E-state index contributed by atoms with van der Waals surface area (Å²) in [7, 11) is 0. The molecular formula is C16H19FN2O. The summed E-state index contributed by atoms with van der Waals surface area (Å²) in [6.07, 6.45) is 5.74. The lowest BCUT2D eigenvalue weighted by molar-refractivity contribution is 0.0923. The Morgan fingerprint density at radius 1 is 1.30 bits per heavy atom. The highest BCUT2D eigenvalue weighted by Crippen LogP contribution is 2.23. The number of nitrogens with one attached hydrogen (secondary N) is 2. The lowest BCUT2D eigenvalue weighted by Crippen LogP contribution is -2.36. The maximum atomic E-state index is 13.3. The molecular weight excluding hydrogens is 255 g/mol. The summed E-state index contributed by atoms with van der Waals surface area (Å²) >= 11 is 0. The second-order valence-electron chi connectivity index (χ2n) is 5.62. The van der Waals surface area contributed by atoms with Crippen LogP contribution in [0.25, 0.3) is 10.9 Å². The fourth-order valence-electron chi connectivity index (χ4n) is 3.03.